The number of aromatic nitrogens is 2. The molecule has 1 aliphatic heterocycles. The summed E-state index contributed by atoms with van der Waals surface area (Å²) in [5.41, 5.74) is 1.19. The molecule has 2 aromatic rings. The molecule has 0 aliphatic carbocycles. The van der Waals surface area contributed by atoms with Crippen molar-refractivity contribution in [3.05, 3.63) is 64.1 Å². The topological polar surface area (TPSA) is 58.4 Å². The number of aryl methyl sites for hydroxylation is 1. The van der Waals surface area contributed by atoms with Crippen LogP contribution in [0.5, 0.6) is 0 Å². The van der Waals surface area contributed by atoms with Gasteiger partial charge in [-0.1, -0.05) is 30.3 Å². The van der Waals surface area contributed by atoms with Gasteiger partial charge in [-0.05, 0) is 18.7 Å². The fraction of sp³-hybridized carbons (Fsp3) is 0.353. The van der Waals surface area contributed by atoms with Crippen LogP contribution in [0.2, 0.25) is 0 Å². The Morgan fingerprint density at radius 1 is 1.09 bits per heavy atom. The van der Waals surface area contributed by atoms with Gasteiger partial charge in [0.1, 0.15) is 5.69 Å². The summed E-state index contributed by atoms with van der Waals surface area (Å²) in [5, 5.41) is 4.09. The Morgan fingerprint density at radius 3 is 2.52 bits per heavy atom. The lowest BCUT2D eigenvalue weighted by Gasteiger charge is -2.40. The molecular weight excluding hydrogens is 292 g/mol. The Bertz CT molecular complexity index is 757. The van der Waals surface area contributed by atoms with Crippen molar-refractivity contribution in [2.75, 3.05) is 26.7 Å². The summed E-state index contributed by atoms with van der Waals surface area (Å²) >= 11 is 0. The lowest BCUT2D eigenvalue weighted by molar-refractivity contribution is 0.0490. The molecule has 3 rings (SSSR count). The van der Waals surface area contributed by atoms with E-state index >= 15 is 0 Å². The van der Waals surface area contributed by atoms with E-state index in [1.807, 2.05) is 35.2 Å². The minimum atomic E-state index is -0.223. The summed E-state index contributed by atoms with van der Waals surface area (Å²) in [7, 11) is 3.61. The van der Waals surface area contributed by atoms with Gasteiger partial charge in [-0.25, -0.2) is 4.68 Å². The van der Waals surface area contributed by atoms with Crippen LogP contribution in [-0.4, -0.2) is 52.2 Å². The van der Waals surface area contributed by atoms with Crippen molar-refractivity contribution in [1.82, 2.24) is 19.6 Å². The predicted molar refractivity (Wildman–Crippen MR) is 87.2 cm³/mol. The van der Waals surface area contributed by atoms with E-state index in [9.17, 15) is 9.59 Å². The van der Waals surface area contributed by atoms with Gasteiger partial charge >= 0.3 is 0 Å². The first-order valence-corrected chi connectivity index (χ1v) is 7.65. The van der Waals surface area contributed by atoms with Gasteiger partial charge in [-0.15, -0.1) is 0 Å². The SMILES string of the molecule is CN1CCN(C(=O)c2ccc(=O)n(C)n2)C(c2ccccc2)C1. The van der Waals surface area contributed by atoms with Crippen molar-refractivity contribution in [3.63, 3.8) is 0 Å². The van der Waals surface area contributed by atoms with Crippen molar-refractivity contribution in [2.24, 2.45) is 7.05 Å². The van der Waals surface area contributed by atoms with Gasteiger partial charge in [-0.3, -0.25) is 9.59 Å². The molecule has 0 spiro atoms. The van der Waals surface area contributed by atoms with E-state index in [0.29, 0.717) is 12.2 Å². The van der Waals surface area contributed by atoms with Gasteiger partial charge in [0.25, 0.3) is 11.5 Å². The molecule has 0 saturated carbocycles. The highest BCUT2D eigenvalue weighted by Crippen LogP contribution is 2.26. The van der Waals surface area contributed by atoms with Crippen LogP contribution in [0.1, 0.15) is 22.1 Å². The molecule has 1 saturated heterocycles. The first kappa shape index (κ1) is 15.4. The van der Waals surface area contributed by atoms with Crippen LogP contribution in [0.4, 0.5) is 0 Å². The van der Waals surface area contributed by atoms with E-state index in [2.05, 4.69) is 17.0 Å². The number of piperazine rings is 1. The molecule has 6 heteroatoms. The number of carbonyl (C=O) groups is 1. The van der Waals surface area contributed by atoms with Crippen LogP contribution >= 0.6 is 0 Å². The summed E-state index contributed by atoms with van der Waals surface area (Å²) in [4.78, 5) is 28.4. The Labute approximate surface area is 134 Å². The summed E-state index contributed by atoms with van der Waals surface area (Å²) in [5.74, 6) is -0.137. The number of hydrogen-bond donors (Lipinski definition) is 0. The van der Waals surface area contributed by atoms with Crippen LogP contribution in [-0.2, 0) is 7.05 Å². The largest absolute Gasteiger partial charge is 0.328 e. The van der Waals surface area contributed by atoms with Gasteiger partial charge in [0.2, 0.25) is 0 Å². The molecule has 1 aliphatic rings. The molecule has 1 aromatic heterocycles. The van der Waals surface area contributed by atoms with E-state index in [-0.39, 0.29) is 17.5 Å². The summed E-state index contributed by atoms with van der Waals surface area (Å²) in [6.45, 7) is 2.24. The molecule has 0 bridgehead atoms. The van der Waals surface area contributed by atoms with Crippen molar-refractivity contribution < 1.29 is 4.79 Å². The molecule has 1 fully saturated rings. The smallest absolute Gasteiger partial charge is 0.274 e. The zero-order valence-electron chi connectivity index (χ0n) is 13.3. The lowest BCUT2D eigenvalue weighted by atomic mass is 10.0. The average Bonchev–Trinajstić information content (AvgIpc) is 2.57. The molecule has 0 radical (unpaired) electrons. The van der Waals surface area contributed by atoms with E-state index in [0.717, 1.165) is 18.7 Å². The number of carbonyl (C=O) groups excluding carboxylic acids is 1. The predicted octanol–water partition coefficient (Wildman–Crippen LogP) is 0.909. The van der Waals surface area contributed by atoms with Gasteiger partial charge in [0.15, 0.2) is 0 Å². The molecule has 23 heavy (non-hydrogen) atoms. The lowest BCUT2D eigenvalue weighted by Crippen LogP contribution is -2.49. The van der Waals surface area contributed by atoms with E-state index in [1.165, 1.54) is 16.8 Å². The van der Waals surface area contributed by atoms with E-state index in [4.69, 9.17) is 0 Å². The Balaban J connectivity index is 1.93. The van der Waals surface area contributed by atoms with Crippen molar-refractivity contribution in [2.45, 2.75) is 6.04 Å². The molecule has 1 amide bonds. The van der Waals surface area contributed by atoms with Crippen LogP contribution in [0.15, 0.2) is 47.3 Å². The van der Waals surface area contributed by atoms with E-state index in [1.54, 1.807) is 7.05 Å². The summed E-state index contributed by atoms with van der Waals surface area (Å²) in [6.07, 6.45) is 0. The zero-order valence-corrected chi connectivity index (χ0v) is 13.3. The maximum Gasteiger partial charge on any atom is 0.274 e. The quantitative estimate of drug-likeness (QED) is 0.827. The maximum atomic E-state index is 12.9. The molecule has 1 aromatic carbocycles. The van der Waals surface area contributed by atoms with Crippen LogP contribution < -0.4 is 5.56 Å². The number of hydrogen-bond acceptors (Lipinski definition) is 4. The Hall–Kier alpha value is -2.47. The van der Waals surface area contributed by atoms with Crippen molar-refractivity contribution in [1.29, 1.82) is 0 Å². The first-order chi connectivity index (χ1) is 11.1. The fourth-order valence-corrected chi connectivity index (χ4v) is 2.89. The molecular formula is C17H20N4O2. The minimum Gasteiger partial charge on any atom is -0.328 e. The third kappa shape index (κ3) is 3.17. The molecule has 6 nitrogen and oxygen atoms in total. The van der Waals surface area contributed by atoms with Gasteiger partial charge in [0, 0.05) is 32.7 Å². The highest BCUT2D eigenvalue weighted by Gasteiger charge is 2.31. The highest BCUT2D eigenvalue weighted by atomic mass is 16.2. The maximum absolute atomic E-state index is 12.9. The Kier molecular flexibility index (Phi) is 4.25. The third-order valence-corrected chi connectivity index (χ3v) is 4.21. The normalized spacial score (nSPS) is 18.9. The first-order valence-electron chi connectivity index (χ1n) is 7.65. The minimum absolute atomic E-state index is 0.0125. The second-order valence-electron chi connectivity index (χ2n) is 5.87. The number of amides is 1. The molecule has 1 unspecified atom stereocenters. The monoisotopic (exact) mass is 312 g/mol. The third-order valence-electron chi connectivity index (χ3n) is 4.21. The van der Waals surface area contributed by atoms with Gasteiger partial charge in [0.05, 0.1) is 6.04 Å². The fourth-order valence-electron chi connectivity index (χ4n) is 2.89. The van der Waals surface area contributed by atoms with Gasteiger partial charge in [-0.2, -0.15) is 5.10 Å². The molecule has 1 atom stereocenters. The highest BCUT2D eigenvalue weighted by molar-refractivity contribution is 5.92. The number of benzene rings is 1. The Morgan fingerprint density at radius 2 is 1.83 bits per heavy atom. The van der Waals surface area contributed by atoms with Gasteiger partial charge < -0.3 is 9.80 Å². The average molecular weight is 312 g/mol. The van der Waals surface area contributed by atoms with Crippen molar-refractivity contribution >= 4 is 5.91 Å². The molecule has 120 valence electrons. The number of rotatable bonds is 2. The number of nitrogens with zero attached hydrogens (tertiary/aromatic N) is 4. The number of likely N-dealkylation sites (N-methyl/N-ethyl adjacent to an activating group) is 1. The summed E-state index contributed by atoms with van der Waals surface area (Å²) in [6, 6.07) is 12.9. The second-order valence-corrected chi connectivity index (χ2v) is 5.87. The van der Waals surface area contributed by atoms with Crippen LogP contribution in [0, 0.1) is 0 Å². The van der Waals surface area contributed by atoms with E-state index < -0.39 is 0 Å². The summed E-state index contributed by atoms with van der Waals surface area (Å²) < 4.78 is 1.20. The molecule has 0 N–H and O–H groups in total. The molecule has 2 heterocycles. The van der Waals surface area contributed by atoms with Crippen molar-refractivity contribution in [3.8, 4) is 0 Å². The van der Waals surface area contributed by atoms with Crippen LogP contribution in [0.25, 0.3) is 0 Å². The standard InChI is InChI=1S/C17H20N4O2/c1-19-10-11-21(15(12-19)13-6-4-3-5-7-13)17(23)14-8-9-16(22)20(2)18-14/h3-9,15H,10-12H2,1-2H3. The zero-order chi connectivity index (χ0) is 16.4. The van der Waals surface area contributed by atoms with Crippen LogP contribution in [0.3, 0.4) is 0 Å². The second kappa shape index (κ2) is 6.34.